The SMILES string of the molecule is CCc1nn(CC)c(CC(CCC2CCCO2)NN)c1Cl. The minimum absolute atomic E-state index is 0.207. The van der Waals surface area contributed by atoms with E-state index in [0.29, 0.717) is 6.10 Å². The predicted octanol–water partition coefficient (Wildman–Crippen LogP) is 2.45. The maximum atomic E-state index is 6.46. The molecule has 1 fully saturated rings. The normalized spacial score (nSPS) is 20.1. The molecule has 2 unspecified atom stereocenters. The van der Waals surface area contributed by atoms with Crippen molar-refractivity contribution in [3.63, 3.8) is 0 Å². The second kappa shape index (κ2) is 8.13. The van der Waals surface area contributed by atoms with Gasteiger partial charge in [-0.15, -0.1) is 0 Å². The highest BCUT2D eigenvalue weighted by molar-refractivity contribution is 6.31. The first-order valence-corrected chi connectivity index (χ1v) is 8.39. The van der Waals surface area contributed by atoms with Crippen LogP contribution in [0.15, 0.2) is 0 Å². The quantitative estimate of drug-likeness (QED) is 0.571. The fourth-order valence-electron chi connectivity index (χ4n) is 2.95. The zero-order valence-electron chi connectivity index (χ0n) is 13.1. The first kappa shape index (κ1) is 16.7. The van der Waals surface area contributed by atoms with Gasteiger partial charge in [-0.25, -0.2) is 0 Å². The van der Waals surface area contributed by atoms with Crippen molar-refractivity contribution in [2.75, 3.05) is 6.61 Å². The van der Waals surface area contributed by atoms with Crippen LogP contribution in [0.25, 0.3) is 0 Å². The Bertz CT molecular complexity index is 443. The number of hydrogen-bond donors (Lipinski definition) is 2. The summed E-state index contributed by atoms with van der Waals surface area (Å²) >= 11 is 6.46. The second-order valence-electron chi connectivity index (χ2n) is 5.66. The summed E-state index contributed by atoms with van der Waals surface area (Å²) in [5.41, 5.74) is 4.99. The van der Waals surface area contributed by atoms with E-state index >= 15 is 0 Å². The van der Waals surface area contributed by atoms with Crippen molar-refractivity contribution in [3.05, 3.63) is 16.4 Å². The maximum Gasteiger partial charge on any atom is 0.0850 e. The van der Waals surface area contributed by atoms with Crippen molar-refractivity contribution in [2.24, 2.45) is 5.84 Å². The van der Waals surface area contributed by atoms with E-state index in [9.17, 15) is 0 Å². The zero-order chi connectivity index (χ0) is 15.2. The van der Waals surface area contributed by atoms with Crippen LogP contribution in [0.1, 0.15) is 50.9 Å². The van der Waals surface area contributed by atoms with Gasteiger partial charge in [-0.05, 0) is 39.0 Å². The number of nitrogens with one attached hydrogen (secondary N) is 1. The number of hydrogen-bond acceptors (Lipinski definition) is 4. The van der Waals surface area contributed by atoms with Gasteiger partial charge >= 0.3 is 0 Å². The molecule has 0 bridgehead atoms. The van der Waals surface area contributed by atoms with Crippen LogP contribution >= 0.6 is 11.6 Å². The molecule has 1 aliphatic rings. The van der Waals surface area contributed by atoms with E-state index in [1.54, 1.807) is 0 Å². The molecule has 1 aromatic rings. The highest BCUT2D eigenvalue weighted by atomic mass is 35.5. The van der Waals surface area contributed by atoms with Crippen molar-refractivity contribution in [3.8, 4) is 0 Å². The van der Waals surface area contributed by atoms with E-state index in [0.717, 1.165) is 55.2 Å². The van der Waals surface area contributed by atoms with E-state index in [2.05, 4.69) is 24.4 Å². The Kier molecular flexibility index (Phi) is 6.48. The van der Waals surface area contributed by atoms with E-state index in [-0.39, 0.29) is 6.04 Å². The van der Waals surface area contributed by atoms with E-state index in [4.69, 9.17) is 22.2 Å². The molecule has 21 heavy (non-hydrogen) atoms. The molecule has 6 heteroatoms. The smallest absolute Gasteiger partial charge is 0.0850 e. The Morgan fingerprint density at radius 3 is 2.90 bits per heavy atom. The molecule has 1 aliphatic heterocycles. The summed E-state index contributed by atoms with van der Waals surface area (Å²) in [5.74, 6) is 5.72. The van der Waals surface area contributed by atoms with Crippen molar-refractivity contribution in [1.29, 1.82) is 0 Å². The first-order valence-electron chi connectivity index (χ1n) is 8.01. The number of rotatable bonds is 8. The van der Waals surface area contributed by atoms with Crippen LogP contribution < -0.4 is 11.3 Å². The Morgan fingerprint density at radius 1 is 1.52 bits per heavy atom. The van der Waals surface area contributed by atoms with Crippen molar-refractivity contribution < 1.29 is 4.74 Å². The molecule has 2 heterocycles. The topological polar surface area (TPSA) is 65.1 Å². The molecule has 2 rings (SSSR count). The molecule has 0 amide bonds. The molecule has 2 atom stereocenters. The molecule has 0 aromatic carbocycles. The van der Waals surface area contributed by atoms with Gasteiger partial charge < -0.3 is 4.74 Å². The number of nitrogens with zero attached hydrogens (tertiary/aromatic N) is 2. The Hall–Kier alpha value is -0.620. The van der Waals surface area contributed by atoms with Crippen molar-refractivity contribution in [1.82, 2.24) is 15.2 Å². The lowest BCUT2D eigenvalue weighted by Crippen LogP contribution is -2.38. The molecule has 0 spiro atoms. The maximum absolute atomic E-state index is 6.46. The van der Waals surface area contributed by atoms with Gasteiger partial charge in [-0.2, -0.15) is 5.10 Å². The van der Waals surface area contributed by atoms with E-state index in [1.165, 1.54) is 12.8 Å². The Morgan fingerprint density at radius 2 is 2.33 bits per heavy atom. The minimum atomic E-state index is 0.207. The lowest BCUT2D eigenvalue weighted by molar-refractivity contribution is 0.0995. The van der Waals surface area contributed by atoms with Gasteiger partial charge in [0.2, 0.25) is 0 Å². The Balaban J connectivity index is 1.98. The van der Waals surface area contributed by atoms with Gasteiger partial charge in [0.25, 0.3) is 0 Å². The van der Waals surface area contributed by atoms with Gasteiger partial charge in [0.15, 0.2) is 0 Å². The molecule has 0 saturated carbocycles. The molecule has 1 saturated heterocycles. The number of ether oxygens (including phenoxy) is 1. The average Bonchev–Trinajstić information content (AvgIpc) is 3.12. The fraction of sp³-hybridized carbons (Fsp3) is 0.800. The summed E-state index contributed by atoms with van der Waals surface area (Å²) in [7, 11) is 0. The highest BCUT2D eigenvalue weighted by Crippen LogP contribution is 2.24. The number of halogens is 1. The summed E-state index contributed by atoms with van der Waals surface area (Å²) in [4.78, 5) is 0. The summed E-state index contributed by atoms with van der Waals surface area (Å²) in [5, 5.41) is 5.37. The van der Waals surface area contributed by atoms with Crippen molar-refractivity contribution >= 4 is 11.6 Å². The van der Waals surface area contributed by atoms with E-state index in [1.807, 2.05) is 4.68 Å². The van der Waals surface area contributed by atoms with Crippen LogP contribution in [0, 0.1) is 0 Å². The summed E-state index contributed by atoms with van der Waals surface area (Å²) in [6, 6.07) is 0.207. The number of aromatic nitrogens is 2. The highest BCUT2D eigenvalue weighted by Gasteiger charge is 2.21. The molecular formula is C15H27ClN4O. The van der Waals surface area contributed by atoms with Crippen LogP contribution in [0.3, 0.4) is 0 Å². The van der Waals surface area contributed by atoms with Gasteiger partial charge in [0.05, 0.1) is 22.5 Å². The number of aryl methyl sites for hydroxylation is 2. The molecule has 5 nitrogen and oxygen atoms in total. The third-order valence-corrected chi connectivity index (χ3v) is 4.67. The van der Waals surface area contributed by atoms with E-state index < -0.39 is 0 Å². The lowest BCUT2D eigenvalue weighted by Gasteiger charge is -2.18. The third-order valence-electron chi connectivity index (χ3n) is 4.23. The summed E-state index contributed by atoms with van der Waals surface area (Å²) < 4.78 is 7.67. The molecule has 1 aromatic heterocycles. The zero-order valence-corrected chi connectivity index (χ0v) is 13.8. The second-order valence-corrected chi connectivity index (χ2v) is 6.03. The van der Waals surface area contributed by atoms with Gasteiger partial charge in [-0.1, -0.05) is 18.5 Å². The van der Waals surface area contributed by atoms with Crippen LogP contribution in [-0.4, -0.2) is 28.5 Å². The average molecular weight is 315 g/mol. The molecule has 3 N–H and O–H groups in total. The summed E-state index contributed by atoms with van der Waals surface area (Å²) in [6.45, 7) is 5.90. The van der Waals surface area contributed by atoms with Crippen LogP contribution in [0.5, 0.6) is 0 Å². The Labute approximate surface area is 132 Å². The summed E-state index contributed by atoms with van der Waals surface area (Å²) in [6.07, 6.45) is 6.46. The molecule has 0 aliphatic carbocycles. The standard InChI is InChI=1S/C15H27ClN4O/c1-3-13-15(16)14(20(4-2)19-13)10-11(18-17)7-8-12-6-5-9-21-12/h11-12,18H,3-10,17H2,1-2H3. The monoisotopic (exact) mass is 314 g/mol. The number of hydrazine groups is 1. The van der Waals surface area contributed by atoms with Gasteiger partial charge in [0, 0.05) is 25.6 Å². The third kappa shape index (κ3) is 4.19. The molecular weight excluding hydrogens is 288 g/mol. The van der Waals surface area contributed by atoms with Gasteiger partial charge in [0.1, 0.15) is 0 Å². The van der Waals surface area contributed by atoms with Crippen molar-refractivity contribution in [2.45, 2.75) is 71.1 Å². The number of nitrogens with two attached hydrogens (primary N) is 1. The predicted molar refractivity (Wildman–Crippen MR) is 85.3 cm³/mol. The van der Waals surface area contributed by atoms with Gasteiger partial charge in [-0.3, -0.25) is 16.0 Å². The first-order chi connectivity index (χ1) is 10.2. The van der Waals surface area contributed by atoms with Crippen LogP contribution in [0.2, 0.25) is 5.02 Å². The molecule has 0 radical (unpaired) electrons. The fourth-order valence-corrected chi connectivity index (χ4v) is 3.30. The molecule has 120 valence electrons. The minimum Gasteiger partial charge on any atom is -0.378 e. The van der Waals surface area contributed by atoms with Crippen LogP contribution in [0.4, 0.5) is 0 Å². The largest absolute Gasteiger partial charge is 0.378 e. The van der Waals surface area contributed by atoms with Crippen LogP contribution in [-0.2, 0) is 24.1 Å². The lowest BCUT2D eigenvalue weighted by atomic mass is 10.0.